The molecule has 0 aliphatic rings. The molecule has 0 bridgehead atoms. The van der Waals surface area contributed by atoms with E-state index in [-0.39, 0.29) is 12.3 Å². The Kier molecular flexibility index (Phi) is 7.87. The van der Waals surface area contributed by atoms with Gasteiger partial charge in [-0.05, 0) is 58.6 Å². The molecule has 1 heterocycles. The number of imide groups is 1. The van der Waals surface area contributed by atoms with Crippen LogP contribution >= 0.6 is 0 Å². The molecule has 9 heteroatoms. The van der Waals surface area contributed by atoms with Gasteiger partial charge in [0.05, 0.1) is 23.4 Å². The molecule has 0 saturated carbocycles. The maximum atomic E-state index is 12.9. The number of amides is 2. The molecular formula is C31H34BN3O5. The van der Waals surface area contributed by atoms with Crippen LogP contribution in [0.4, 0.5) is 9.59 Å². The highest BCUT2D eigenvalue weighted by atomic mass is 16.6. The molecule has 0 atom stereocenters. The number of hydrogen-bond donors (Lipinski definition) is 1. The van der Waals surface area contributed by atoms with Gasteiger partial charge in [-0.3, -0.25) is 0 Å². The summed E-state index contributed by atoms with van der Waals surface area (Å²) in [6.45, 7) is 10.4. The Labute approximate surface area is 235 Å². The lowest BCUT2D eigenvalue weighted by Gasteiger charge is -2.28. The minimum absolute atomic E-state index is 0.0426. The van der Waals surface area contributed by atoms with Crippen molar-refractivity contribution in [2.24, 2.45) is 0 Å². The molecular weight excluding hydrogens is 505 g/mol. The molecule has 0 fully saturated rings. The highest BCUT2D eigenvalue weighted by molar-refractivity contribution is 6.35. The Morgan fingerprint density at radius 1 is 0.775 bits per heavy atom. The van der Waals surface area contributed by atoms with Crippen molar-refractivity contribution in [2.45, 2.75) is 59.3 Å². The zero-order valence-electron chi connectivity index (χ0n) is 24.0. The van der Waals surface area contributed by atoms with Gasteiger partial charge in [-0.2, -0.15) is 0 Å². The summed E-state index contributed by atoms with van der Waals surface area (Å²) in [6, 6.07) is 20.7. The standard InChI is InChI=1S/C31H34BN3O5/c1-30(2,3)39-28(37)35(29(38)40-31(4,5)6)18-19-12-14-21(15-13-19)25-24(20-10-8-7-9-11-20)33-23-17-16-22(32)27(36)26(23)34-25/h7-17,36H,18,32H2,1-6H3. The van der Waals surface area contributed by atoms with Crippen LogP contribution in [0, 0.1) is 0 Å². The first-order chi connectivity index (χ1) is 18.7. The number of aromatic hydroxyl groups is 1. The quantitative estimate of drug-likeness (QED) is 0.337. The van der Waals surface area contributed by atoms with E-state index in [4.69, 9.17) is 19.4 Å². The Morgan fingerprint density at radius 2 is 1.30 bits per heavy atom. The molecule has 3 aromatic carbocycles. The summed E-state index contributed by atoms with van der Waals surface area (Å²) in [5.41, 5.74) is 3.76. The summed E-state index contributed by atoms with van der Waals surface area (Å²) in [6.07, 6.45) is -1.58. The topological polar surface area (TPSA) is 102 Å². The van der Waals surface area contributed by atoms with Gasteiger partial charge in [0.1, 0.15) is 30.3 Å². The molecule has 1 aromatic heterocycles. The van der Waals surface area contributed by atoms with Crippen molar-refractivity contribution in [2.75, 3.05) is 0 Å². The molecule has 0 spiro atoms. The van der Waals surface area contributed by atoms with Crippen molar-refractivity contribution in [1.82, 2.24) is 14.9 Å². The van der Waals surface area contributed by atoms with E-state index in [1.165, 1.54) is 0 Å². The molecule has 4 aromatic rings. The molecule has 0 unspecified atom stereocenters. The summed E-state index contributed by atoms with van der Waals surface area (Å²) >= 11 is 0. The van der Waals surface area contributed by atoms with Crippen LogP contribution in [-0.4, -0.2) is 51.2 Å². The number of fused-ring (bicyclic) bond motifs is 1. The maximum absolute atomic E-state index is 12.9. The normalized spacial score (nSPS) is 11.8. The summed E-state index contributed by atoms with van der Waals surface area (Å²) in [4.78, 5) is 36.5. The zero-order valence-corrected chi connectivity index (χ0v) is 24.0. The molecule has 1 N–H and O–H groups in total. The smallest absolute Gasteiger partial charge is 0.420 e. The third kappa shape index (κ3) is 6.78. The van der Waals surface area contributed by atoms with Crippen molar-refractivity contribution >= 4 is 36.5 Å². The zero-order chi connectivity index (χ0) is 29.2. The van der Waals surface area contributed by atoms with Crippen LogP contribution in [0.15, 0.2) is 66.7 Å². The van der Waals surface area contributed by atoms with E-state index in [0.717, 1.165) is 16.0 Å². The Morgan fingerprint density at radius 3 is 1.85 bits per heavy atom. The lowest BCUT2D eigenvalue weighted by atomic mass is 9.94. The lowest BCUT2D eigenvalue weighted by Crippen LogP contribution is -2.43. The molecule has 40 heavy (non-hydrogen) atoms. The van der Waals surface area contributed by atoms with Crippen molar-refractivity contribution in [3.63, 3.8) is 0 Å². The third-order valence-electron chi connectivity index (χ3n) is 5.85. The predicted octanol–water partition coefficient (Wildman–Crippen LogP) is 5.60. The van der Waals surface area contributed by atoms with Crippen LogP contribution in [0.5, 0.6) is 5.75 Å². The first-order valence-electron chi connectivity index (χ1n) is 13.1. The van der Waals surface area contributed by atoms with Gasteiger partial charge in [-0.25, -0.2) is 24.5 Å². The van der Waals surface area contributed by atoms with E-state index in [9.17, 15) is 14.7 Å². The highest BCUT2D eigenvalue weighted by Gasteiger charge is 2.31. The molecule has 2 amide bonds. The molecule has 0 aliphatic carbocycles. The summed E-state index contributed by atoms with van der Waals surface area (Å²) in [7, 11) is 1.82. The molecule has 0 saturated heterocycles. The Balaban J connectivity index is 1.73. The second-order valence-corrected chi connectivity index (χ2v) is 11.6. The number of rotatable bonds is 4. The van der Waals surface area contributed by atoms with Crippen LogP contribution in [-0.2, 0) is 16.0 Å². The van der Waals surface area contributed by atoms with Crippen molar-refractivity contribution < 1.29 is 24.2 Å². The van der Waals surface area contributed by atoms with Crippen LogP contribution in [0.2, 0.25) is 0 Å². The molecule has 0 radical (unpaired) electrons. The van der Waals surface area contributed by atoms with Gasteiger partial charge >= 0.3 is 12.2 Å². The highest BCUT2D eigenvalue weighted by Crippen LogP contribution is 2.33. The average Bonchev–Trinajstić information content (AvgIpc) is 2.87. The first kappa shape index (κ1) is 28.6. The van der Waals surface area contributed by atoms with E-state index in [0.29, 0.717) is 33.4 Å². The number of aromatic nitrogens is 2. The third-order valence-corrected chi connectivity index (χ3v) is 5.85. The Hall–Kier alpha value is -4.40. The number of benzene rings is 3. The second-order valence-electron chi connectivity index (χ2n) is 11.6. The first-order valence-corrected chi connectivity index (χ1v) is 13.1. The monoisotopic (exact) mass is 539 g/mol. The van der Waals surface area contributed by atoms with Gasteiger partial charge in [0.15, 0.2) is 0 Å². The summed E-state index contributed by atoms with van der Waals surface area (Å²) in [5, 5.41) is 10.7. The van der Waals surface area contributed by atoms with Crippen LogP contribution in [0.3, 0.4) is 0 Å². The second kappa shape index (κ2) is 11.0. The largest absolute Gasteiger partial charge is 0.506 e. The van der Waals surface area contributed by atoms with Crippen molar-refractivity contribution in [3.05, 3.63) is 72.3 Å². The summed E-state index contributed by atoms with van der Waals surface area (Å²) in [5.74, 6) is 0.0906. The van der Waals surface area contributed by atoms with Gasteiger partial charge < -0.3 is 14.6 Å². The minimum Gasteiger partial charge on any atom is -0.506 e. The van der Waals surface area contributed by atoms with E-state index in [2.05, 4.69) is 0 Å². The van der Waals surface area contributed by atoms with Crippen LogP contribution in [0.1, 0.15) is 47.1 Å². The van der Waals surface area contributed by atoms with Crippen molar-refractivity contribution in [3.8, 4) is 28.3 Å². The number of nitrogens with zero attached hydrogens (tertiary/aromatic N) is 3. The van der Waals surface area contributed by atoms with Crippen molar-refractivity contribution in [1.29, 1.82) is 0 Å². The van der Waals surface area contributed by atoms with Gasteiger partial charge in [0.2, 0.25) is 0 Å². The van der Waals surface area contributed by atoms with E-state index in [1.54, 1.807) is 41.5 Å². The number of phenols is 1. The van der Waals surface area contributed by atoms with E-state index < -0.39 is 23.4 Å². The maximum Gasteiger partial charge on any atom is 0.420 e. The van der Waals surface area contributed by atoms with E-state index >= 15 is 0 Å². The van der Waals surface area contributed by atoms with Crippen LogP contribution in [0.25, 0.3) is 33.5 Å². The lowest BCUT2D eigenvalue weighted by molar-refractivity contribution is -0.000251. The average molecular weight is 539 g/mol. The number of hydrogen-bond acceptors (Lipinski definition) is 7. The fourth-order valence-electron chi connectivity index (χ4n) is 4.00. The number of phenolic OH excluding ortho intramolecular Hbond substituents is 1. The van der Waals surface area contributed by atoms with Gasteiger partial charge in [-0.1, -0.05) is 60.7 Å². The predicted molar refractivity (Wildman–Crippen MR) is 158 cm³/mol. The minimum atomic E-state index is -0.788. The van der Waals surface area contributed by atoms with Crippen LogP contribution < -0.4 is 5.46 Å². The molecule has 0 aliphatic heterocycles. The molecule has 4 rings (SSSR count). The van der Waals surface area contributed by atoms with E-state index in [1.807, 2.05) is 74.6 Å². The van der Waals surface area contributed by atoms with Gasteiger partial charge in [0, 0.05) is 11.1 Å². The number of ether oxygens (including phenoxy) is 2. The van der Waals surface area contributed by atoms with Gasteiger partial charge in [-0.15, -0.1) is 0 Å². The number of carbonyl (C=O) groups excluding carboxylic acids is 2. The fraction of sp³-hybridized carbons (Fsp3) is 0.290. The number of carbonyl (C=O) groups is 2. The fourth-order valence-corrected chi connectivity index (χ4v) is 4.00. The summed E-state index contributed by atoms with van der Waals surface area (Å²) < 4.78 is 10.9. The Bertz CT molecular complexity index is 1510. The van der Waals surface area contributed by atoms with Gasteiger partial charge in [0.25, 0.3) is 0 Å². The SMILES string of the molecule is Bc1ccc2nc(-c3ccccc3)c(-c3ccc(CN(C(=O)OC(C)(C)C)C(=O)OC(C)(C)C)cc3)nc2c1O. The molecule has 8 nitrogen and oxygen atoms in total. The molecule has 206 valence electrons.